The Balaban J connectivity index is 1.62. The van der Waals surface area contributed by atoms with Crippen LogP contribution in [0.1, 0.15) is 92.5 Å². The second-order valence-corrected chi connectivity index (χ2v) is 13.7. The van der Waals surface area contributed by atoms with Crippen LogP contribution in [0.15, 0.2) is 40.9 Å². The van der Waals surface area contributed by atoms with E-state index in [2.05, 4.69) is 44.2 Å². The summed E-state index contributed by atoms with van der Waals surface area (Å²) in [5.41, 5.74) is 3.86. The third-order valence-electron chi connectivity index (χ3n) is 7.50. The van der Waals surface area contributed by atoms with Gasteiger partial charge in [0.05, 0.1) is 18.2 Å². The molecule has 0 atom stereocenters. The van der Waals surface area contributed by atoms with Gasteiger partial charge >= 0.3 is 0 Å². The molecule has 2 amide bonds. The molecule has 2 aromatic carbocycles. The zero-order chi connectivity index (χ0) is 30.3. The summed E-state index contributed by atoms with van der Waals surface area (Å²) in [5, 5.41) is 16.8. The standard InChI is InChI=1S/C33H40N4O4/c1-20-10-11-23(35-29(38)25-13-22(31(2,3)4)12-21(16-34)28(25)40-9)14-24(20)26-15-27(41-36-26)30(39)37-18-32(5,6)17-33(7,8)19-37/h10-15H,17-19H2,1-9H3,(H,35,38). The number of nitrogens with zero attached hydrogens (tertiary/aromatic N) is 3. The van der Waals surface area contributed by atoms with Gasteiger partial charge in [0.25, 0.3) is 11.8 Å². The predicted octanol–water partition coefficient (Wildman–Crippen LogP) is 6.98. The van der Waals surface area contributed by atoms with Gasteiger partial charge in [-0.2, -0.15) is 5.26 Å². The fourth-order valence-electron chi connectivity index (χ4n) is 6.01. The summed E-state index contributed by atoms with van der Waals surface area (Å²) in [6.45, 7) is 18.0. The zero-order valence-electron chi connectivity index (χ0n) is 25.6. The second-order valence-electron chi connectivity index (χ2n) is 13.7. The maximum Gasteiger partial charge on any atom is 0.292 e. The quantitative estimate of drug-likeness (QED) is 0.363. The minimum Gasteiger partial charge on any atom is -0.495 e. The monoisotopic (exact) mass is 556 g/mol. The predicted molar refractivity (Wildman–Crippen MR) is 159 cm³/mol. The van der Waals surface area contributed by atoms with E-state index in [4.69, 9.17) is 9.26 Å². The molecule has 1 N–H and O–H groups in total. The van der Waals surface area contributed by atoms with E-state index in [0.29, 0.717) is 30.0 Å². The number of likely N-dealkylation sites (tertiary alicyclic amines) is 1. The van der Waals surface area contributed by atoms with Crippen molar-refractivity contribution in [1.82, 2.24) is 10.1 Å². The Morgan fingerprint density at radius 1 is 1.07 bits per heavy atom. The molecule has 1 aliphatic heterocycles. The molecule has 1 saturated heterocycles. The van der Waals surface area contributed by atoms with Crippen molar-refractivity contribution in [3.05, 3.63) is 64.4 Å². The Hall–Kier alpha value is -4.12. The summed E-state index contributed by atoms with van der Waals surface area (Å²) in [5.74, 6) is -0.152. The normalized spacial score (nSPS) is 16.1. The number of anilines is 1. The molecule has 3 aromatic rings. The number of carbonyl (C=O) groups is 2. The maximum absolute atomic E-state index is 13.5. The number of nitriles is 1. The Morgan fingerprint density at radius 3 is 2.32 bits per heavy atom. The molecule has 1 aliphatic rings. The molecule has 1 aromatic heterocycles. The van der Waals surface area contributed by atoms with Crippen LogP contribution in [-0.4, -0.2) is 42.1 Å². The smallest absolute Gasteiger partial charge is 0.292 e. The molecule has 4 rings (SSSR count). The molecule has 216 valence electrons. The van der Waals surface area contributed by atoms with Crippen LogP contribution < -0.4 is 10.1 Å². The Morgan fingerprint density at radius 2 is 1.73 bits per heavy atom. The number of ether oxygens (including phenoxy) is 1. The maximum atomic E-state index is 13.5. The first-order valence-electron chi connectivity index (χ1n) is 13.8. The molecule has 0 spiro atoms. The third kappa shape index (κ3) is 6.45. The Labute approximate surface area is 242 Å². The number of hydrogen-bond donors (Lipinski definition) is 1. The van der Waals surface area contributed by atoms with E-state index >= 15 is 0 Å². The average Bonchev–Trinajstić information content (AvgIpc) is 3.36. The first-order valence-corrected chi connectivity index (χ1v) is 13.8. The molecular weight excluding hydrogens is 516 g/mol. The van der Waals surface area contributed by atoms with Crippen molar-refractivity contribution in [2.45, 2.75) is 67.2 Å². The number of rotatable bonds is 5. The number of nitrogens with one attached hydrogen (secondary N) is 1. The van der Waals surface area contributed by atoms with Crippen LogP contribution in [0.25, 0.3) is 11.3 Å². The summed E-state index contributed by atoms with van der Waals surface area (Å²) >= 11 is 0. The number of benzene rings is 2. The molecule has 0 radical (unpaired) electrons. The molecule has 0 aliphatic carbocycles. The SMILES string of the molecule is COc1c(C#N)cc(C(C)(C)C)cc1C(=O)Nc1ccc(C)c(-c2cc(C(=O)N3CC(C)(C)CC(C)(C)C3)on2)c1. The van der Waals surface area contributed by atoms with Crippen LogP contribution >= 0.6 is 0 Å². The van der Waals surface area contributed by atoms with Crippen LogP contribution in [0, 0.1) is 29.1 Å². The molecule has 0 unspecified atom stereocenters. The number of hydrogen-bond acceptors (Lipinski definition) is 6. The van der Waals surface area contributed by atoms with Crippen LogP contribution in [0.2, 0.25) is 0 Å². The summed E-state index contributed by atoms with van der Waals surface area (Å²) in [4.78, 5) is 28.7. The van der Waals surface area contributed by atoms with Gasteiger partial charge in [-0.15, -0.1) is 0 Å². The largest absolute Gasteiger partial charge is 0.495 e. The van der Waals surface area contributed by atoms with E-state index in [1.165, 1.54) is 7.11 Å². The summed E-state index contributed by atoms with van der Waals surface area (Å²) < 4.78 is 11.0. The van der Waals surface area contributed by atoms with Crippen molar-refractivity contribution >= 4 is 17.5 Å². The van der Waals surface area contributed by atoms with Crippen LogP contribution in [0.5, 0.6) is 5.75 Å². The number of carbonyl (C=O) groups excluding carboxylic acids is 2. The van der Waals surface area contributed by atoms with E-state index in [9.17, 15) is 14.9 Å². The van der Waals surface area contributed by atoms with Crippen LogP contribution in [0.3, 0.4) is 0 Å². The molecule has 2 heterocycles. The van der Waals surface area contributed by atoms with Gasteiger partial charge in [-0.3, -0.25) is 9.59 Å². The van der Waals surface area contributed by atoms with E-state index in [1.807, 2.05) is 38.7 Å². The van der Waals surface area contributed by atoms with Gasteiger partial charge in [-0.25, -0.2) is 0 Å². The van der Waals surface area contributed by atoms with E-state index in [1.54, 1.807) is 30.3 Å². The van der Waals surface area contributed by atoms with E-state index < -0.39 is 5.91 Å². The minimum atomic E-state index is -0.398. The van der Waals surface area contributed by atoms with Gasteiger partial charge in [0.1, 0.15) is 17.5 Å². The number of amides is 2. The van der Waals surface area contributed by atoms with Crippen molar-refractivity contribution in [3.63, 3.8) is 0 Å². The van der Waals surface area contributed by atoms with E-state index in [-0.39, 0.29) is 39.2 Å². The van der Waals surface area contributed by atoms with E-state index in [0.717, 1.165) is 23.1 Å². The molecule has 0 saturated carbocycles. The lowest BCUT2D eigenvalue weighted by Crippen LogP contribution is -2.50. The van der Waals surface area contributed by atoms with Crippen molar-refractivity contribution in [3.8, 4) is 23.1 Å². The highest BCUT2D eigenvalue weighted by molar-refractivity contribution is 6.07. The second kappa shape index (κ2) is 10.7. The summed E-state index contributed by atoms with van der Waals surface area (Å²) in [6.07, 6.45) is 1.04. The topological polar surface area (TPSA) is 108 Å². The van der Waals surface area contributed by atoms with Crippen LogP contribution in [0.4, 0.5) is 5.69 Å². The first kappa shape index (κ1) is 29.9. The van der Waals surface area contributed by atoms with Crippen molar-refractivity contribution in [1.29, 1.82) is 5.26 Å². The summed E-state index contributed by atoms with van der Waals surface area (Å²) in [6, 6.07) is 12.8. The van der Waals surface area contributed by atoms with Crippen molar-refractivity contribution in [2.24, 2.45) is 10.8 Å². The van der Waals surface area contributed by atoms with Crippen molar-refractivity contribution in [2.75, 3.05) is 25.5 Å². The van der Waals surface area contributed by atoms with Gasteiger partial charge in [-0.1, -0.05) is 59.7 Å². The van der Waals surface area contributed by atoms with Gasteiger partial charge < -0.3 is 19.5 Å². The van der Waals surface area contributed by atoms with Crippen LogP contribution in [-0.2, 0) is 5.41 Å². The minimum absolute atomic E-state index is 0.00642. The average molecular weight is 557 g/mol. The molecule has 1 fully saturated rings. The first-order chi connectivity index (χ1) is 19.0. The lowest BCUT2D eigenvalue weighted by atomic mass is 9.71. The Kier molecular flexibility index (Phi) is 7.79. The highest BCUT2D eigenvalue weighted by Gasteiger charge is 2.40. The van der Waals surface area contributed by atoms with Gasteiger partial charge in [-0.05, 0) is 65.0 Å². The highest BCUT2D eigenvalue weighted by atomic mass is 16.5. The lowest BCUT2D eigenvalue weighted by Gasteiger charge is -2.46. The zero-order valence-corrected chi connectivity index (χ0v) is 25.6. The summed E-state index contributed by atoms with van der Waals surface area (Å²) in [7, 11) is 1.45. The number of methoxy groups -OCH3 is 1. The lowest BCUT2D eigenvalue weighted by molar-refractivity contribution is 0.0200. The van der Waals surface area contributed by atoms with Crippen molar-refractivity contribution < 1.29 is 18.8 Å². The molecular formula is C33H40N4O4. The number of piperidine rings is 1. The highest BCUT2D eigenvalue weighted by Crippen LogP contribution is 2.40. The van der Waals surface area contributed by atoms with Gasteiger partial charge in [0.2, 0.25) is 5.76 Å². The molecule has 41 heavy (non-hydrogen) atoms. The molecule has 0 bridgehead atoms. The number of aromatic nitrogens is 1. The van der Waals surface area contributed by atoms with Gasteiger partial charge in [0, 0.05) is 30.4 Å². The fourth-order valence-corrected chi connectivity index (χ4v) is 6.01. The number of aryl methyl sites for hydroxylation is 1. The van der Waals surface area contributed by atoms with Gasteiger partial charge in [0.15, 0.2) is 0 Å². The Bertz CT molecular complexity index is 1520. The fraction of sp³-hybridized carbons (Fsp3) is 0.455. The molecule has 8 nitrogen and oxygen atoms in total. The third-order valence-corrected chi connectivity index (χ3v) is 7.50. The molecule has 8 heteroatoms.